The minimum absolute atomic E-state index is 0.296. The van der Waals surface area contributed by atoms with Crippen molar-refractivity contribution >= 4 is 0 Å². The van der Waals surface area contributed by atoms with Gasteiger partial charge in [0.15, 0.2) is 0 Å². The Morgan fingerprint density at radius 1 is 1.40 bits per heavy atom. The van der Waals surface area contributed by atoms with Crippen LogP contribution in [0.4, 0.5) is 0 Å². The highest BCUT2D eigenvalue weighted by atomic mass is 16.5. The van der Waals surface area contributed by atoms with Gasteiger partial charge in [-0.2, -0.15) is 0 Å². The quantitative estimate of drug-likeness (QED) is 0.849. The number of hydrogen-bond acceptors (Lipinski definition) is 3. The van der Waals surface area contributed by atoms with Crippen LogP contribution < -0.4 is 10.5 Å². The molecule has 1 heterocycles. The first-order valence-corrected chi connectivity index (χ1v) is 7.09. The third kappa shape index (κ3) is 3.02. The number of aryl methyl sites for hydroxylation is 1. The van der Waals surface area contributed by atoms with Gasteiger partial charge in [-0.05, 0) is 25.5 Å². The molecular formula is C16H23N3O. The van der Waals surface area contributed by atoms with Crippen LogP contribution in [-0.2, 0) is 0 Å². The lowest BCUT2D eigenvalue weighted by atomic mass is 10.0. The number of methoxy groups -OCH3 is 1. The topological polar surface area (TPSA) is 63.9 Å². The highest BCUT2D eigenvalue weighted by Crippen LogP contribution is 2.30. The number of aromatic amines is 1. The van der Waals surface area contributed by atoms with E-state index >= 15 is 0 Å². The molecule has 1 atom stereocenters. The molecule has 1 aromatic carbocycles. The summed E-state index contributed by atoms with van der Waals surface area (Å²) in [7, 11) is 1.69. The first-order valence-electron chi connectivity index (χ1n) is 7.09. The highest BCUT2D eigenvalue weighted by Gasteiger charge is 2.15. The molecule has 0 aliphatic carbocycles. The van der Waals surface area contributed by atoms with E-state index in [9.17, 15) is 0 Å². The van der Waals surface area contributed by atoms with E-state index in [2.05, 4.69) is 29.9 Å². The summed E-state index contributed by atoms with van der Waals surface area (Å²) in [5.74, 6) is 2.11. The number of nitrogens with two attached hydrogens (primary N) is 1. The van der Waals surface area contributed by atoms with Gasteiger partial charge in [-0.25, -0.2) is 4.98 Å². The molecule has 0 saturated carbocycles. The number of nitrogens with zero attached hydrogens (tertiary/aromatic N) is 1. The van der Waals surface area contributed by atoms with Crippen LogP contribution in [0.2, 0.25) is 0 Å². The van der Waals surface area contributed by atoms with Gasteiger partial charge in [0.25, 0.3) is 0 Å². The molecule has 0 amide bonds. The Hall–Kier alpha value is -1.81. The molecule has 4 heteroatoms. The number of benzene rings is 1. The Morgan fingerprint density at radius 2 is 2.20 bits per heavy atom. The van der Waals surface area contributed by atoms with Gasteiger partial charge in [0.05, 0.1) is 19.0 Å². The number of imidazole rings is 1. The molecule has 0 aliphatic rings. The monoisotopic (exact) mass is 273 g/mol. The molecule has 4 nitrogen and oxygen atoms in total. The van der Waals surface area contributed by atoms with E-state index in [0.717, 1.165) is 35.7 Å². The van der Waals surface area contributed by atoms with E-state index in [1.165, 1.54) is 5.56 Å². The van der Waals surface area contributed by atoms with Crippen molar-refractivity contribution in [2.75, 3.05) is 13.7 Å². The van der Waals surface area contributed by atoms with Gasteiger partial charge in [0, 0.05) is 18.0 Å². The summed E-state index contributed by atoms with van der Waals surface area (Å²) in [4.78, 5) is 7.89. The van der Waals surface area contributed by atoms with E-state index in [1.807, 2.05) is 18.3 Å². The standard InChI is InChI=1S/C16H23N3O/c1-4-5-12(9-17)16-18-10-14(19-16)13-8-11(2)6-7-15(13)20-3/h6-8,10,12H,4-5,9,17H2,1-3H3,(H,18,19). The maximum absolute atomic E-state index is 5.83. The number of rotatable bonds is 6. The van der Waals surface area contributed by atoms with Crippen LogP contribution in [0.15, 0.2) is 24.4 Å². The zero-order valence-electron chi connectivity index (χ0n) is 12.4. The predicted octanol–water partition coefficient (Wildman–Crippen LogP) is 3.24. The van der Waals surface area contributed by atoms with Crippen LogP contribution >= 0.6 is 0 Å². The van der Waals surface area contributed by atoms with Crippen LogP contribution in [0.25, 0.3) is 11.3 Å². The molecule has 0 radical (unpaired) electrons. The van der Waals surface area contributed by atoms with Gasteiger partial charge in [0.2, 0.25) is 0 Å². The van der Waals surface area contributed by atoms with Crippen molar-refractivity contribution in [1.82, 2.24) is 9.97 Å². The van der Waals surface area contributed by atoms with E-state index < -0.39 is 0 Å². The predicted molar refractivity (Wildman–Crippen MR) is 82.0 cm³/mol. The van der Waals surface area contributed by atoms with Crippen LogP contribution in [0.1, 0.15) is 37.1 Å². The first-order chi connectivity index (χ1) is 9.69. The third-order valence-corrected chi connectivity index (χ3v) is 3.55. The fourth-order valence-electron chi connectivity index (χ4n) is 2.43. The van der Waals surface area contributed by atoms with Gasteiger partial charge in [-0.1, -0.05) is 25.0 Å². The van der Waals surface area contributed by atoms with Crippen molar-refractivity contribution in [2.24, 2.45) is 5.73 Å². The van der Waals surface area contributed by atoms with Gasteiger partial charge >= 0.3 is 0 Å². The zero-order chi connectivity index (χ0) is 14.5. The van der Waals surface area contributed by atoms with Crippen molar-refractivity contribution < 1.29 is 4.74 Å². The van der Waals surface area contributed by atoms with E-state index in [1.54, 1.807) is 7.11 Å². The fraction of sp³-hybridized carbons (Fsp3) is 0.438. The molecule has 2 aromatic rings. The Balaban J connectivity index is 2.35. The minimum Gasteiger partial charge on any atom is -0.496 e. The largest absolute Gasteiger partial charge is 0.496 e. The fourth-order valence-corrected chi connectivity index (χ4v) is 2.43. The molecular weight excluding hydrogens is 250 g/mol. The first kappa shape index (κ1) is 14.6. The number of aromatic nitrogens is 2. The molecule has 1 unspecified atom stereocenters. The van der Waals surface area contributed by atoms with Crippen LogP contribution in [-0.4, -0.2) is 23.6 Å². The minimum atomic E-state index is 0.296. The van der Waals surface area contributed by atoms with Crippen LogP contribution in [0.3, 0.4) is 0 Å². The van der Waals surface area contributed by atoms with Crippen molar-refractivity contribution in [3.05, 3.63) is 35.8 Å². The molecule has 108 valence electrons. The average molecular weight is 273 g/mol. The third-order valence-electron chi connectivity index (χ3n) is 3.55. The molecule has 0 spiro atoms. The number of hydrogen-bond donors (Lipinski definition) is 2. The molecule has 3 N–H and O–H groups in total. The number of ether oxygens (including phenoxy) is 1. The number of H-pyrrole nitrogens is 1. The Kier molecular flexibility index (Phi) is 4.79. The van der Waals surface area contributed by atoms with Gasteiger partial charge in [-0.15, -0.1) is 0 Å². The summed E-state index contributed by atoms with van der Waals surface area (Å²) in [5, 5.41) is 0. The normalized spacial score (nSPS) is 12.4. The lowest BCUT2D eigenvalue weighted by Gasteiger charge is -2.11. The summed E-state index contributed by atoms with van der Waals surface area (Å²) in [6.45, 7) is 4.85. The van der Waals surface area contributed by atoms with Crippen molar-refractivity contribution in [3.8, 4) is 17.0 Å². The van der Waals surface area contributed by atoms with E-state index in [-0.39, 0.29) is 0 Å². The van der Waals surface area contributed by atoms with Gasteiger partial charge in [-0.3, -0.25) is 0 Å². The summed E-state index contributed by atoms with van der Waals surface area (Å²) in [5.41, 5.74) is 9.05. The Labute approximate surface area is 120 Å². The van der Waals surface area contributed by atoms with Gasteiger partial charge < -0.3 is 15.5 Å². The second-order valence-electron chi connectivity index (χ2n) is 5.11. The molecule has 0 bridgehead atoms. The van der Waals surface area contributed by atoms with Gasteiger partial charge in [0.1, 0.15) is 11.6 Å². The lowest BCUT2D eigenvalue weighted by molar-refractivity contribution is 0.416. The summed E-state index contributed by atoms with van der Waals surface area (Å²) in [6, 6.07) is 6.13. The molecule has 0 fully saturated rings. The second-order valence-corrected chi connectivity index (χ2v) is 5.11. The summed E-state index contributed by atoms with van der Waals surface area (Å²) >= 11 is 0. The maximum Gasteiger partial charge on any atom is 0.128 e. The SMILES string of the molecule is CCCC(CN)c1ncc(-c2cc(C)ccc2OC)[nH]1. The average Bonchev–Trinajstić information content (AvgIpc) is 2.94. The van der Waals surface area contributed by atoms with E-state index in [4.69, 9.17) is 10.5 Å². The molecule has 1 aromatic heterocycles. The van der Waals surface area contributed by atoms with Crippen LogP contribution in [0.5, 0.6) is 5.75 Å². The van der Waals surface area contributed by atoms with Crippen molar-refractivity contribution in [3.63, 3.8) is 0 Å². The lowest BCUT2D eigenvalue weighted by Crippen LogP contribution is -2.13. The summed E-state index contributed by atoms with van der Waals surface area (Å²) in [6.07, 6.45) is 4.02. The Bertz CT molecular complexity index is 563. The maximum atomic E-state index is 5.83. The van der Waals surface area contributed by atoms with Crippen molar-refractivity contribution in [1.29, 1.82) is 0 Å². The zero-order valence-corrected chi connectivity index (χ0v) is 12.4. The number of nitrogens with one attached hydrogen (secondary N) is 1. The summed E-state index contributed by atoms with van der Waals surface area (Å²) < 4.78 is 5.43. The van der Waals surface area contributed by atoms with E-state index in [0.29, 0.717) is 12.5 Å². The molecule has 0 aliphatic heterocycles. The van der Waals surface area contributed by atoms with Crippen molar-refractivity contribution in [2.45, 2.75) is 32.6 Å². The van der Waals surface area contributed by atoms with Crippen LogP contribution in [0, 0.1) is 6.92 Å². The molecule has 0 saturated heterocycles. The smallest absolute Gasteiger partial charge is 0.128 e. The highest BCUT2D eigenvalue weighted by molar-refractivity contribution is 5.67. The Morgan fingerprint density at radius 3 is 2.85 bits per heavy atom. The second kappa shape index (κ2) is 6.57. The molecule has 20 heavy (non-hydrogen) atoms. The molecule has 2 rings (SSSR count).